The summed E-state index contributed by atoms with van der Waals surface area (Å²) in [6.45, 7) is 0. The van der Waals surface area contributed by atoms with Crippen LogP contribution in [0.3, 0.4) is 0 Å². The highest BCUT2D eigenvalue weighted by molar-refractivity contribution is 6.42. The first kappa shape index (κ1) is 18.5. The molecular weight excluding hydrogens is 401 g/mol. The minimum atomic E-state index is -1.35. The van der Waals surface area contributed by atoms with Crippen molar-refractivity contribution in [2.75, 3.05) is 16.8 Å². The number of nitrogens with zero attached hydrogens (tertiary/aromatic N) is 4. The molecule has 1 atom stereocenters. The highest BCUT2D eigenvalue weighted by atomic mass is 35.5. The first-order chi connectivity index (χ1) is 12.8. The van der Waals surface area contributed by atoms with E-state index in [2.05, 4.69) is 20.6 Å². The van der Waals surface area contributed by atoms with Crippen molar-refractivity contribution in [2.45, 2.75) is 6.04 Å². The molecule has 1 unspecified atom stereocenters. The maximum absolute atomic E-state index is 14.6. The highest BCUT2D eigenvalue weighted by Gasteiger charge is 2.34. The number of guanidine groups is 1. The van der Waals surface area contributed by atoms with Crippen LogP contribution < -0.4 is 22.1 Å². The molecule has 0 aliphatic carbocycles. The van der Waals surface area contributed by atoms with Crippen LogP contribution >= 0.6 is 23.2 Å². The van der Waals surface area contributed by atoms with Gasteiger partial charge in [0.05, 0.1) is 15.7 Å². The molecule has 1 aliphatic rings. The number of fused-ring (bicyclic) bond motifs is 1. The Labute approximate surface area is 161 Å². The summed E-state index contributed by atoms with van der Waals surface area (Å²) in [5.74, 6) is -2.90. The maximum Gasteiger partial charge on any atom is 0.211 e. The monoisotopic (exact) mass is 408 g/mol. The second-order valence-corrected chi connectivity index (χ2v) is 6.07. The number of anilines is 3. The zero-order valence-electron chi connectivity index (χ0n) is 13.1. The molecule has 3 rings (SSSR count). The molecule has 0 radical (unpaired) electrons. The molecule has 0 saturated heterocycles. The van der Waals surface area contributed by atoms with E-state index in [1.54, 1.807) is 12.3 Å². The zero-order valence-corrected chi connectivity index (χ0v) is 14.6. The standard InChI is InChI=1S/C15H8Cl2F2N8/c16-5-1-6(18)10(19)7(9(5)17)12-8-11(22)4(2-20)13(23)26-14(8)27-15(25-12)24-3-21/h1,12H,(H6,22,23,24,25,26,27). The number of hydrogen-bond acceptors (Lipinski definition) is 8. The number of aromatic nitrogens is 1. The van der Waals surface area contributed by atoms with Crippen molar-refractivity contribution in [2.24, 2.45) is 4.99 Å². The van der Waals surface area contributed by atoms with Gasteiger partial charge >= 0.3 is 0 Å². The van der Waals surface area contributed by atoms with Crippen LogP contribution in [-0.2, 0) is 0 Å². The minimum Gasteiger partial charge on any atom is -0.397 e. The quantitative estimate of drug-likeness (QED) is 0.321. The van der Waals surface area contributed by atoms with Gasteiger partial charge in [-0.15, -0.1) is 0 Å². The van der Waals surface area contributed by atoms with Gasteiger partial charge in [-0.1, -0.05) is 23.2 Å². The van der Waals surface area contributed by atoms with Crippen LogP contribution in [0.1, 0.15) is 22.7 Å². The fraction of sp³-hybridized carbons (Fsp3) is 0.0667. The number of aliphatic imine (C=N–C) groups is 1. The SMILES string of the molecule is N#CNC1=NC(c2c(F)c(F)cc(Cl)c2Cl)c2c(nc(N)c(C#N)c2N)N1. The van der Waals surface area contributed by atoms with Gasteiger partial charge in [0.1, 0.15) is 29.3 Å². The Balaban J connectivity index is 2.38. The van der Waals surface area contributed by atoms with Gasteiger partial charge in [0.2, 0.25) is 5.96 Å². The minimum absolute atomic E-state index is 0.00222. The molecular formula is C15H8Cl2F2N8. The molecule has 1 aliphatic heterocycles. The van der Waals surface area contributed by atoms with E-state index in [1.807, 2.05) is 0 Å². The van der Waals surface area contributed by atoms with Crippen LogP contribution in [-0.4, -0.2) is 10.9 Å². The Kier molecular flexibility index (Phi) is 4.62. The summed E-state index contributed by atoms with van der Waals surface area (Å²) in [6, 6.07) is 1.16. The second kappa shape index (κ2) is 6.76. The van der Waals surface area contributed by atoms with E-state index >= 15 is 0 Å². The van der Waals surface area contributed by atoms with Gasteiger partial charge < -0.3 is 16.8 Å². The summed E-state index contributed by atoms with van der Waals surface area (Å²) in [6.07, 6.45) is 1.63. The average Bonchev–Trinajstić information content (AvgIpc) is 2.60. The van der Waals surface area contributed by atoms with Crippen LogP contribution in [0.5, 0.6) is 0 Å². The van der Waals surface area contributed by atoms with Crippen molar-refractivity contribution >= 4 is 46.5 Å². The normalized spacial score (nSPS) is 15.0. The molecule has 2 aromatic rings. The van der Waals surface area contributed by atoms with Crippen molar-refractivity contribution in [1.29, 1.82) is 10.5 Å². The average molecular weight is 409 g/mol. The number of hydrogen-bond donors (Lipinski definition) is 4. The summed E-state index contributed by atoms with van der Waals surface area (Å²) in [7, 11) is 0. The Bertz CT molecular complexity index is 1060. The molecule has 0 spiro atoms. The van der Waals surface area contributed by atoms with Crippen LogP contribution in [0, 0.1) is 34.4 Å². The molecule has 0 amide bonds. The van der Waals surface area contributed by atoms with Crippen molar-refractivity contribution in [3.63, 3.8) is 0 Å². The van der Waals surface area contributed by atoms with E-state index in [0.29, 0.717) is 6.07 Å². The molecule has 0 saturated carbocycles. The first-order valence-electron chi connectivity index (χ1n) is 7.11. The van der Waals surface area contributed by atoms with Crippen LogP contribution in [0.2, 0.25) is 10.0 Å². The van der Waals surface area contributed by atoms with Gasteiger partial charge in [0, 0.05) is 11.1 Å². The number of benzene rings is 1. The molecule has 27 heavy (non-hydrogen) atoms. The predicted octanol–water partition coefficient (Wildman–Crippen LogP) is 2.64. The Morgan fingerprint density at radius 2 is 1.93 bits per heavy atom. The molecule has 1 aromatic carbocycles. The van der Waals surface area contributed by atoms with Gasteiger partial charge in [-0.3, -0.25) is 5.32 Å². The number of pyridine rings is 1. The van der Waals surface area contributed by atoms with E-state index in [4.69, 9.17) is 39.9 Å². The van der Waals surface area contributed by atoms with Crippen LogP contribution in [0.25, 0.3) is 0 Å². The Hall–Kier alpha value is -3.34. The van der Waals surface area contributed by atoms with E-state index in [0.717, 1.165) is 0 Å². The largest absolute Gasteiger partial charge is 0.397 e. The van der Waals surface area contributed by atoms with Crippen molar-refractivity contribution in [3.05, 3.63) is 44.4 Å². The van der Waals surface area contributed by atoms with Gasteiger partial charge in [-0.05, 0) is 6.07 Å². The summed E-state index contributed by atoms with van der Waals surface area (Å²) in [5, 5.41) is 22.4. The number of nitrogens with two attached hydrogens (primary N) is 2. The molecule has 0 fully saturated rings. The Morgan fingerprint density at radius 1 is 1.22 bits per heavy atom. The second-order valence-electron chi connectivity index (χ2n) is 5.28. The summed E-state index contributed by atoms with van der Waals surface area (Å²) >= 11 is 12.0. The smallest absolute Gasteiger partial charge is 0.211 e. The number of rotatable bonds is 1. The van der Waals surface area contributed by atoms with Crippen LogP contribution in [0.15, 0.2) is 11.1 Å². The maximum atomic E-state index is 14.6. The lowest BCUT2D eigenvalue weighted by Gasteiger charge is -2.27. The fourth-order valence-electron chi connectivity index (χ4n) is 2.62. The lowest BCUT2D eigenvalue weighted by atomic mass is 9.94. The fourth-order valence-corrected chi connectivity index (χ4v) is 3.06. The number of halogens is 4. The predicted molar refractivity (Wildman–Crippen MR) is 95.8 cm³/mol. The molecule has 8 nitrogen and oxygen atoms in total. The molecule has 0 bridgehead atoms. The van der Waals surface area contributed by atoms with Gasteiger partial charge in [0.15, 0.2) is 17.8 Å². The molecule has 2 heterocycles. The lowest BCUT2D eigenvalue weighted by molar-refractivity contribution is 0.494. The summed E-state index contributed by atoms with van der Waals surface area (Å²) < 4.78 is 28.5. The number of nitriles is 2. The lowest BCUT2D eigenvalue weighted by Crippen LogP contribution is -2.33. The molecule has 136 valence electrons. The van der Waals surface area contributed by atoms with E-state index < -0.39 is 23.2 Å². The van der Waals surface area contributed by atoms with Gasteiger partial charge in [-0.25, -0.2) is 18.8 Å². The third-order valence-electron chi connectivity index (χ3n) is 3.78. The number of nitrogens with one attached hydrogen (secondary N) is 2. The number of nitrogen functional groups attached to an aromatic ring is 2. The topological polar surface area (TPSA) is 149 Å². The third kappa shape index (κ3) is 2.91. The van der Waals surface area contributed by atoms with Gasteiger partial charge in [0.25, 0.3) is 0 Å². The molecule has 6 N–H and O–H groups in total. The molecule has 1 aromatic heterocycles. The molecule has 12 heteroatoms. The Morgan fingerprint density at radius 3 is 2.56 bits per heavy atom. The summed E-state index contributed by atoms with van der Waals surface area (Å²) in [5.41, 5.74) is 11.0. The van der Waals surface area contributed by atoms with E-state index in [1.165, 1.54) is 0 Å². The van der Waals surface area contributed by atoms with Crippen molar-refractivity contribution < 1.29 is 8.78 Å². The first-order valence-corrected chi connectivity index (χ1v) is 7.87. The van der Waals surface area contributed by atoms with Crippen LogP contribution in [0.4, 0.5) is 26.1 Å². The highest BCUT2D eigenvalue weighted by Crippen LogP contribution is 2.45. The van der Waals surface area contributed by atoms with E-state index in [-0.39, 0.29) is 44.5 Å². The third-order valence-corrected chi connectivity index (χ3v) is 4.58. The summed E-state index contributed by atoms with van der Waals surface area (Å²) in [4.78, 5) is 8.10. The van der Waals surface area contributed by atoms with Crippen molar-refractivity contribution in [1.82, 2.24) is 10.3 Å². The van der Waals surface area contributed by atoms with Crippen molar-refractivity contribution in [3.8, 4) is 12.3 Å². The zero-order chi connectivity index (χ0) is 19.9. The van der Waals surface area contributed by atoms with E-state index in [9.17, 15) is 14.0 Å². The van der Waals surface area contributed by atoms with Gasteiger partial charge in [-0.2, -0.15) is 10.5 Å².